The van der Waals surface area contributed by atoms with Crippen molar-refractivity contribution in [2.75, 3.05) is 26.7 Å². The zero-order chi connectivity index (χ0) is 18.5. The fourth-order valence-electron chi connectivity index (χ4n) is 3.49. The van der Waals surface area contributed by atoms with Crippen molar-refractivity contribution in [2.24, 2.45) is 13.0 Å². The standard InChI is InChI=1S/C20H26N4O2.ClH/c1-4-9-24(13-15-5-7-17(26-3)8-6-15)20(25)19-12-21-11-18(19)16-10-22-23(2)14-16;/h4-8,10,14,18-19,21H,1,9,11-13H2,2-3H3;1H/t18-,19+;/m1./s1. The fourth-order valence-corrected chi connectivity index (χ4v) is 3.49. The number of hydrogen-bond acceptors (Lipinski definition) is 4. The minimum Gasteiger partial charge on any atom is -0.497 e. The van der Waals surface area contributed by atoms with E-state index in [1.807, 2.05) is 48.6 Å². The quantitative estimate of drug-likeness (QED) is 0.737. The van der Waals surface area contributed by atoms with Crippen LogP contribution in [-0.2, 0) is 18.4 Å². The number of benzene rings is 1. The lowest BCUT2D eigenvalue weighted by atomic mass is 9.89. The van der Waals surface area contributed by atoms with Crippen LogP contribution in [0.25, 0.3) is 0 Å². The number of halogens is 1. The molecule has 1 aliphatic heterocycles. The summed E-state index contributed by atoms with van der Waals surface area (Å²) in [6.07, 6.45) is 5.64. The maximum atomic E-state index is 13.2. The molecule has 0 unspecified atom stereocenters. The Kier molecular flexibility index (Phi) is 7.45. The highest BCUT2D eigenvalue weighted by molar-refractivity contribution is 5.85. The number of nitrogens with zero attached hydrogens (tertiary/aromatic N) is 3. The molecule has 2 aromatic rings. The van der Waals surface area contributed by atoms with Gasteiger partial charge >= 0.3 is 0 Å². The Labute approximate surface area is 166 Å². The van der Waals surface area contributed by atoms with E-state index in [2.05, 4.69) is 17.0 Å². The number of hydrogen-bond donors (Lipinski definition) is 1. The first kappa shape index (κ1) is 21.0. The summed E-state index contributed by atoms with van der Waals surface area (Å²) in [5.41, 5.74) is 2.18. The zero-order valence-electron chi connectivity index (χ0n) is 15.8. The Morgan fingerprint density at radius 3 is 2.74 bits per heavy atom. The third-order valence-corrected chi connectivity index (χ3v) is 4.88. The zero-order valence-corrected chi connectivity index (χ0v) is 16.6. The van der Waals surface area contributed by atoms with Gasteiger partial charge in [-0.15, -0.1) is 19.0 Å². The largest absolute Gasteiger partial charge is 0.497 e. The molecule has 3 rings (SSSR count). The third-order valence-electron chi connectivity index (χ3n) is 4.88. The molecule has 0 aliphatic carbocycles. The van der Waals surface area contributed by atoms with E-state index >= 15 is 0 Å². The van der Waals surface area contributed by atoms with Crippen LogP contribution < -0.4 is 10.1 Å². The number of aromatic nitrogens is 2. The Bertz CT molecular complexity index is 760. The molecule has 2 atom stereocenters. The average molecular weight is 391 g/mol. The smallest absolute Gasteiger partial charge is 0.228 e. The second-order valence-corrected chi connectivity index (χ2v) is 6.67. The molecule has 7 heteroatoms. The highest BCUT2D eigenvalue weighted by Crippen LogP contribution is 2.29. The number of methoxy groups -OCH3 is 1. The topological polar surface area (TPSA) is 59.4 Å². The second kappa shape index (κ2) is 9.58. The monoisotopic (exact) mass is 390 g/mol. The number of aryl methyl sites for hydroxylation is 1. The lowest BCUT2D eigenvalue weighted by molar-refractivity contribution is -0.135. The molecule has 0 saturated carbocycles. The van der Waals surface area contributed by atoms with Gasteiger partial charge in [0.2, 0.25) is 5.91 Å². The molecule has 0 radical (unpaired) electrons. The first-order valence-corrected chi connectivity index (χ1v) is 8.84. The molecule has 1 fully saturated rings. The van der Waals surface area contributed by atoms with Crippen molar-refractivity contribution in [2.45, 2.75) is 12.5 Å². The molecular formula is C20H27ClN4O2. The van der Waals surface area contributed by atoms with Gasteiger partial charge in [-0.1, -0.05) is 18.2 Å². The van der Waals surface area contributed by atoms with Gasteiger partial charge in [-0.25, -0.2) is 0 Å². The first-order valence-electron chi connectivity index (χ1n) is 8.84. The summed E-state index contributed by atoms with van der Waals surface area (Å²) in [6.45, 7) is 6.39. The van der Waals surface area contributed by atoms with Gasteiger partial charge in [-0.3, -0.25) is 9.48 Å². The normalized spacial score (nSPS) is 18.6. The summed E-state index contributed by atoms with van der Waals surface area (Å²) in [7, 11) is 3.55. The van der Waals surface area contributed by atoms with E-state index in [9.17, 15) is 4.79 Å². The van der Waals surface area contributed by atoms with Crippen LogP contribution in [0.1, 0.15) is 17.0 Å². The van der Waals surface area contributed by atoms with Crippen LogP contribution in [0.3, 0.4) is 0 Å². The molecule has 1 aromatic carbocycles. The predicted molar refractivity (Wildman–Crippen MR) is 108 cm³/mol. The Balaban J connectivity index is 0.00000261. The maximum absolute atomic E-state index is 13.2. The Morgan fingerprint density at radius 1 is 1.41 bits per heavy atom. The summed E-state index contributed by atoms with van der Waals surface area (Å²) in [4.78, 5) is 15.1. The highest BCUT2D eigenvalue weighted by atomic mass is 35.5. The van der Waals surface area contributed by atoms with Crippen LogP contribution in [-0.4, -0.2) is 47.3 Å². The van der Waals surface area contributed by atoms with Crippen molar-refractivity contribution in [3.05, 3.63) is 60.4 Å². The van der Waals surface area contributed by atoms with Gasteiger partial charge in [0, 0.05) is 45.3 Å². The first-order chi connectivity index (χ1) is 12.6. The Hall–Kier alpha value is -2.31. The molecule has 2 heterocycles. The predicted octanol–water partition coefficient (Wildman–Crippen LogP) is 2.37. The number of carbonyl (C=O) groups excluding carboxylic acids is 1. The average Bonchev–Trinajstić information content (AvgIpc) is 3.30. The lowest BCUT2D eigenvalue weighted by Gasteiger charge is -2.27. The number of amides is 1. The van der Waals surface area contributed by atoms with Crippen LogP contribution in [0.15, 0.2) is 49.3 Å². The number of ether oxygens (including phenoxy) is 1. The van der Waals surface area contributed by atoms with Crippen molar-refractivity contribution in [3.63, 3.8) is 0 Å². The van der Waals surface area contributed by atoms with E-state index in [1.54, 1.807) is 17.9 Å². The van der Waals surface area contributed by atoms with E-state index < -0.39 is 0 Å². The van der Waals surface area contributed by atoms with Crippen molar-refractivity contribution < 1.29 is 9.53 Å². The van der Waals surface area contributed by atoms with Crippen molar-refractivity contribution in [1.82, 2.24) is 20.0 Å². The molecule has 6 nitrogen and oxygen atoms in total. The summed E-state index contributed by atoms with van der Waals surface area (Å²) in [5, 5.41) is 7.62. The van der Waals surface area contributed by atoms with Gasteiger partial charge in [-0.2, -0.15) is 5.10 Å². The van der Waals surface area contributed by atoms with Gasteiger partial charge in [0.05, 0.1) is 19.2 Å². The van der Waals surface area contributed by atoms with Crippen LogP contribution in [0.5, 0.6) is 5.75 Å². The molecule has 1 amide bonds. The van der Waals surface area contributed by atoms with E-state index in [-0.39, 0.29) is 30.2 Å². The molecular weight excluding hydrogens is 364 g/mol. The number of carbonyl (C=O) groups is 1. The summed E-state index contributed by atoms with van der Waals surface area (Å²) < 4.78 is 6.99. The molecule has 1 aliphatic rings. The fraction of sp³-hybridized carbons (Fsp3) is 0.400. The molecule has 1 aromatic heterocycles. The molecule has 1 saturated heterocycles. The molecule has 27 heavy (non-hydrogen) atoms. The van der Waals surface area contributed by atoms with Crippen LogP contribution >= 0.6 is 12.4 Å². The maximum Gasteiger partial charge on any atom is 0.228 e. The molecule has 1 N–H and O–H groups in total. The van der Waals surface area contributed by atoms with E-state index in [1.165, 1.54) is 0 Å². The van der Waals surface area contributed by atoms with E-state index in [0.717, 1.165) is 23.4 Å². The van der Waals surface area contributed by atoms with Crippen LogP contribution in [0.2, 0.25) is 0 Å². The number of rotatable bonds is 7. The molecule has 0 spiro atoms. The van der Waals surface area contributed by atoms with Crippen LogP contribution in [0, 0.1) is 5.92 Å². The van der Waals surface area contributed by atoms with Gasteiger partial charge in [0.1, 0.15) is 5.75 Å². The summed E-state index contributed by atoms with van der Waals surface area (Å²) in [5.74, 6) is 1.03. The lowest BCUT2D eigenvalue weighted by Crippen LogP contribution is -2.38. The Morgan fingerprint density at radius 2 is 2.15 bits per heavy atom. The SMILES string of the molecule is C=CCN(Cc1ccc(OC)cc1)C(=O)[C@H]1CNC[C@@H]1c1cnn(C)c1.Cl. The van der Waals surface area contributed by atoms with E-state index in [0.29, 0.717) is 19.6 Å². The van der Waals surface area contributed by atoms with Gasteiger partial charge < -0.3 is 15.0 Å². The van der Waals surface area contributed by atoms with Crippen molar-refractivity contribution >= 4 is 18.3 Å². The second-order valence-electron chi connectivity index (χ2n) is 6.67. The van der Waals surface area contributed by atoms with Gasteiger partial charge in [-0.05, 0) is 23.3 Å². The van der Waals surface area contributed by atoms with Gasteiger partial charge in [0.15, 0.2) is 0 Å². The van der Waals surface area contributed by atoms with Gasteiger partial charge in [0.25, 0.3) is 0 Å². The minimum absolute atomic E-state index is 0. The summed E-state index contributed by atoms with van der Waals surface area (Å²) >= 11 is 0. The van der Waals surface area contributed by atoms with Crippen molar-refractivity contribution in [3.8, 4) is 5.75 Å². The molecule has 146 valence electrons. The third kappa shape index (κ3) is 4.90. The molecule has 0 bridgehead atoms. The minimum atomic E-state index is -0.0857. The summed E-state index contributed by atoms with van der Waals surface area (Å²) in [6, 6.07) is 7.82. The number of nitrogens with one attached hydrogen (secondary N) is 1. The van der Waals surface area contributed by atoms with Crippen molar-refractivity contribution in [1.29, 1.82) is 0 Å². The highest BCUT2D eigenvalue weighted by Gasteiger charge is 2.36. The van der Waals surface area contributed by atoms with Crippen LogP contribution in [0.4, 0.5) is 0 Å². The van der Waals surface area contributed by atoms with E-state index in [4.69, 9.17) is 4.74 Å².